The van der Waals surface area contributed by atoms with Crippen molar-refractivity contribution in [1.29, 1.82) is 0 Å². The molecule has 1 unspecified atom stereocenters. The van der Waals surface area contributed by atoms with Gasteiger partial charge in [0.25, 0.3) is 5.67 Å². The monoisotopic (exact) mass is 518 g/mol. The topological polar surface area (TPSA) is 70.5 Å². The Bertz CT molecular complexity index is 1380. The van der Waals surface area contributed by atoms with E-state index in [-0.39, 0.29) is 23.0 Å². The van der Waals surface area contributed by atoms with E-state index in [0.717, 1.165) is 12.1 Å². The van der Waals surface area contributed by atoms with Gasteiger partial charge in [-0.25, -0.2) is 4.39 Å². The summed E-state index contributed by atoms with van der Waals surface area (Å²) < 4.78 is 100. The molecule has 0 amide bonds. The molecule has 4 N–H and O–H groups in total. The highest BCUT2D eigenvalue weighted by molar-refractivity contribution is 5.46. The minimum atomic E-state index is -6.00. The van der Waals surface area contributed by atoms with Gasteiger partial charge >= 0.3 is 12.1 Å². The van der Waals surface area contributed by atoms with E-state index < -0.39 is 28.9 Å². The van der Waals surface area contributed by atoms with Gasteiger partial charge in [0.15, 0.2) is 0 Å². The summed E-state index contributed by atoms with van der Waals surface area (Å²) in [5.74, 6) is -5.17. The highest BCUT2D eigenvalue weighted by Crippen LogP contribution is 2.57. The van der Waals surface area contributed by atoms with Crippen molar-refractivity contribution in [3.8, 4) is 23.0 Å². The molecule has 0 spiro atoms. The first-order valence-corrected chi connectivity index (χ1v) is 10.8. The molecule has 4 aromatic rings. The molecule has 0 aliphatic carbocycles. The Morgan fingerprint density at radius 1 is 0.486 bits per heavy atom. The molecule has 0 radical (unpaired) electrons. The van der Waals surface area contributed by atoms with Crippen LogP contribution in [0.2, 0.25) is 0 Å². The molecular formula is C27H20F6N2O2. The second kappa shape index (κ2) is 9.61. The lowest BCUT2D eigenvalue weighted by Gasteiger charge is -2.35. The summed E-state index contributed by atoms with van der Waals surface area (Å²) in [5.41, 5.74) is 4.34. The van der Waals surface area contributed by atoms with Gasteiger partial charge < -0.3 is 20.9 Å². The zero-order chi connectivity index (χ0) is 26.8. The Kier molecular flexibility index (Phi) is 6.68. The maximum absolute atomic E-state index is 15.9. The van der Waals surface area contributed by atoms with Gasteiger partial charge in [-0.15, -0.1) is 0 Å². The van der Waals surface area contributed by atoms with Crippen LogP contribution in [0.15, 0.2) is 97.1 Å². The predicted octanol–water partition coefficient (Wildman–Crippen LogP) is 7.95. The third-order valence-electron chi connectivity index (χ3n) is 5.48. The molecule has 10 heteroatoms. The first kappa shape index (κ1) is 25.7. The Balaban J connectivity index is 1.72. The van der Waals surface area contributed by atoms with Crippen molar-refractivity contribution in [3.63, 3.8) is 0 Å². The van der Waals surface area contributed by atoms with Crippen molar-refractivity contribution in [3.05, 3.63) is 108 Å². The Hall–Kier alpha value is -4.34. The lowest BCUT2D eigenvalue weighted by atomic mass is 9.84. The summed E-state index contributed by atoms with van der Waals surface area (Å²) in [5, 5.41) is 0. The number of rotatable bonds is 7. The third-order valence-corrected chi connectivity index (χ3v) is 5.48. The molecular weight excluding hydrogens is 498 g/mol. The maximum Gasteiger partial charge on any atom is 0.433 e. The number of nitrogen functional groups attached to an aromatic ring is 2. The minimum Gasteiger partial charge on any atom is -0.457 e. The molecule has 4 nitrogen and oxygen atoms in total. The molecule has 0 fully saturated rings. The zero-order valence-corrected chi connectivity index (χ0v) is 19.0. The van der Waals surface area contributed by atoms with Crippen LogP contribution in [-0.2, 0) is 11.6 Å². The van der Waals surface area contributed by atoms with Crippen LogP contribution in [0.1, 0.15) is 11.1 Å². The SMILES string of the molecule is Nc1ccc(Oc2cccc(C(F)(F)C(F)(c3cccc(Oc4ccc(N)cc4)c3)C(F)(F)F)c2)cc1. The van der Waals surface area contributed by atoms with E-state index in [9.17, 15) is 13.2 Å². The number of hydrogen-bond acceptors (Lipinski definition) is 4. The second-order valence-electron chi connectivity index (χ2n) is 8.13. The fraction of sp³-hybridized carbons (Fsp3) is 0.111. The smallest absolute Gasteiger partial charge is 0.433 e. The quantitative estimate of drug-likeness (QED) is 0.192. The van der Waals surface area contributed by atoms with Crippen LogP contribution < -0.4 is 20.9 Å². The molecule has 1 atom stereocenters. The molecule has 0 saturated heterocycles. The number of hydrogen-bond donors (Lipinski definition) is 2. The standard InChI is InChI=1S/C27H20F6N2O2/c28-25(27(31,32)33,17-3-1-5-23(15-17)36-21-11-7-19(34)8-12-21)26(29,30)18-4-2-6-24(16-18)37-22-13-9-20(35)10-14-22/h1-16H,34-35H2. The fourth-order valence-electron chi connectivity index (χ4n) is 3.59. The van der Waals surface area contributed by atoms with E-state index in [2.05, 4.69) is 0 Å². The van der Waals surface area contributed by atoms with Crippen LogP contribution >= 0.6 is 0 Å². The van der Waals surface area contributed by atoms with Crippen LogP contribution in [0.3, 0.4) is 0 Å². The Labute approximate surface area is 208 Å². The largest absolute Gasteiger partial charge is 0.457 e. The van der Waals surface area contributed by atoms with E-state index in [1.165, 1.54) is 60.7 Å². The summed E-state index contributed by atoms with van der Waals surface area (Å²) in [6, 6.07) is 18.8. The van der Waals surface area contributed by atoms with Crippen molar-refractivity contribution in [2.24, 2.45) is 0 Å². The molecule has 37 heavy (non-hydrogen) atoms. The molecule has 0 bridgehead atoms. The first-order chi connectivity index (χ1) is 17.4. The number of ether oxygens (including phenoxy) is 2. The average molecular weight is 518 g/mol. The van der Waals surface area contributed by atoms with E-state index in [4.69, 9.17) is 20.9 Å². The first-order valence-electron chi connectivity index (χ1n) is 10.8. The summed E-state index contributed by atoms with van der Waals surface area (Å²) >= 11 is 0. The number of alkyl halides is 6. The van der Waals surface area contributed by atoms with Crippen LogP contribution in [0.4, 0.5) is 37.7 Å². The number of halogens is 6. The predicted molar refractivity (Wildman–Crippen MR) is 127 cm³/mol. The van der Waals surface area contributed by atoms with E-state index in [1.54, 1.807) is 0 Å². The van der Waals surface area contributed by atoms with Crippen molar-refractivity contribution in [2.45, 2.75) is 17.8 Å². The van der Waals surface area contributed by atoms with Crippen molar-refractivity contribution in [1.82, 2.24) is 0 Å². The molecule has 0 heterocycles. The van der Waals surface area contributed by atoms with Gasteiger partial charge in [0, 0.05) is 22.5 Å². The van der Waals surface area contributed by atoms with Gasteiger partial charge in [0.05, 0.1) is 0 Å². The maximum atomic E-state index is 15.9. The van der Waals surface area contributed by atoms with Gasteiger partial charge in [-0.1, -0.05) is 24.3 Å². The van der Waals surface area contributed by atoms with Crippen LogP contribution in [-0.4, -0.2) is 6.18 Å². The van der Waals surface area contributed by atoms with Crippen LogP contribution in [0.25, 0.3) is 0 Å². The molecule has 0 aliphatic heterocycles. The highest BCUT2D eigenvalue weighted by Gasteiger charge is 2.72. The van der Waals surface area contributed by atoms with Gasteiger partial charge in [-0.05, 0) is 72.8 Å². The minimum absolute atomic E-state index is 0.169. The van der Waals surface area contributed by atoms with Crippen molar-refractivity contribution in [2.75, 3.05) is 11.5 Å². The zero-order valence-electron chi connectivity index (χ0n) is 19.0. The molecule has 0 saturated carbocycles. The average Bonchev–Trinajstić information content (AvgIpc) is 2.86. The van der Waals surface area contributed by atoms with Crippen molar-refractivity contribution >= 4 is 11.4 Å². The van der Waals surface area contributed by atoms with E-state index in [1.807, 2.05) is 0 Å². The van der Waals surface area contributed by atoms with Crippen LogP contribution in [0.5, 0.6) is 23.0 Å². The number of nitrogens with two attached hydrogens (primary N) is 2. The van der Waals surface area contributed by atoms with Gasteiger partial charge in [-0.3, -0.25) is 0 Å². The van der Waals surface area contributed by atoms with Gasteiger partial charge in [0.2, 0.25) is 0 Å². The Morgan fingerprint density at radius 3 is 1.32 bits per heavy atom. The Morgan fingerprint density at radius 2 is 0.892 bits per heavy atom. The van der Waals surface area contributed by atoms with Crippen molar-refractivity contribution < 1.29 is 35.8 Å². The fourth-order valence-corrected chi connectivity index (χ4v) is 3.59. The van der Waals surface area contributed by atoms with Crippen LogP contribution in [0, 0.1) is 0 Å². The third kappa shape index (κ3) is 5.13. The van der Waals surface area contributed by atoms with E-state index >= 15 is 13.2 Å². The lowest BCUT2D eigenvalue weighted by Crippen LogP contribution is -2.51. The lowest BCUT2D eigenvalue weighted by molar-refractivity contribution is -0.314. The molecule has 192 valence electrons. The van der Waals surface area contributed by atoms with Gasteiger partial charge in [-0.2, -0.15) is 22.0 Å². The normalized spacial score (nSPS) is 13.6. The summed E-state index contributed by atoms with van der Waals surface area (Å²) in [6.07, 6.45) is -6.00. The van der Waals surface area contributed by atoms with Gasteiger partial charge in [0.1, 0.15) is 23.0 Å². The molecule has 4 rings (SSSR count). The second-order valence-corrected chi connectivity index (χ2v) is 8.13. The number of benzene rings is 4. The van der Waals surface area contributed by atoms with E-state index in [0.29, 0.717) is 35.6 Å². The highest BCUT2D eigenvalue weighted by atomic mass is 19.4. The number of anilines is 2. The molecule has 4 aromatic carbocycles. The molecule has 0 aliphatic rings. The summed E-state index contributed by atoms with van der Waals surface area (Å²) in [6.45, 7) is 0. The summed E-state index contributed by atoms with van der Waals surface area (Å²) in [7, 11) is 0. The summed E-state index contributed by atoms with van der Waals surface area (Å²) in [4.78, 5) is 0. The molecule has 0 aromatic heterocycles.